The Bertz CT molecular complexity index is 171. The Morgan fingerprint density at radius 1 is 1.73 bits per heavy atom. The van der Waals surface area contributed by atoms with Crippen molar-refractivity contribution in [2.75, 3.05) is 11.5 Å². The van der Waals surface area contributed by atoms with E-state index in [1.807, 2.05) is 0 Å². The largest absolute Gasteiger partial charge is 0.481 e. The lowest BCUT2D eigenvalue weighted by Crippen LogP contribution is -2.44. The summed E-state index contributed by atoms with van der Waals surface area (Å²) in [5.74, 6) is 0.491. The summed E-state index contributed by atoms with van der Waals surface area (Å²) >= 11 is 1.59. The van der Waals surface area contributed by atoms with Crippen LogP contribution in [0.3, 0.4) is 0 Å². The molecule has 1 saturated heterocycles. The number of carbonyl (C=O) groups is 1. The van der Waals surface area contributed by atoms with Crippen molar-refractivity contribution in [2.45, 2.75) is 19.4 Å². The molecule has 2 N–H and O–H groups in total. The summed E-state index contributed by atoms with van der Waals surface area (Å²) < 4.78 is 0. The number of carboxylic acid groups (broad SMARTS) is 1. The molecular formula is C7H12O3S. The third kappa shape index (κ3) is 1.51. The molecule has 64 valence electrons. The summed E-state index contributed by atoms with van der Waals surface area (Å²) in [6, 6.07) is 0. The van der Waals surface area contributed by atoms with Gasteiger partial charge in [0, 0.05) is 5.75 Å². The second-order valence-corrected chi connectivity index (χ2v) is 4.18. The molecule has 0 aromatic carbocycles. The van der Waals surface area contributed by atoms with Crippen LogP contribution in [0.4, 0.5) is 0 Å². The summed E-state index contributed by atoms with van der Waals surface area (Å²) in [7, 11) is 0. The van der Waals surface area contributed by atoms with E-state index in [0.29, 0.717) is 12.2 Å². The highest BCUT2D eigenvalue weighted by molar-refractivity contribution is 7.99. The lowest BCUT2D eigenvalue weighted by molar-refractivity contribution is -0.153. The van der Waals surface area contributed by atoms with E-state index in [4.69, 9.17) is 5.11 Å². The van der Waals surface area contributed by atoms with Crippen molar-refractivity contribution in [3.05, 3.63) is 0 Å². The van der Waals surface area contributed by atoms with E-state index in [0.717, 1.165) is 5.75 Å². The van der Waals surface area contributed by atoms with Gasteiger partial charge in [0.1, 0.15) is 0 Å². The molecule has 0 bridgehead atoms. The fraction of sp³-hybridized carbons (Fsp3) is 0.857. The van der Waals surface area contributed by atoms with Gasteiger partial charge in [-0.2, -0.15) is 11.8 Å². The predicted molar refractivity (Wildman–Crippen MR) is 43.7 cm³/mol. The number of hydrogen-bond acceptors (Lipinski definition) is 3. The third-order valence-electron chi connectivity index (χ3n) is 2.16. The molecule has 1 heterocycles. The van der Waals surface area contributed by atoms with Crippen LogP contribution >= 0.6 is 11.8 Å². The first-order valence-electron chi connectivity index (χ1n) is 3.56. The van der Waals surface area contributed by atoms with Gasteiger partial charge >= 0.3 is 5.97 Å². The van der Waals surface area contributed by atoms with Crippen LogP contribution in [0.2, 0.25) is 0 Å². The molecule has 0 spiro atoms. The monoisotopic (exact) mass is 176 g/mol. The first kappa shape index (κ1) is 8.87. The normalized spacial score (nSPS) is 38.5. The molecule has 1 aliphatic rings. The standard InChI is InChI=1S/C7H12O3S/c1-7(6(9)10)4-11-3-2-5(7)8/h5,8H,2-4H2,1H3,(H,9,10). The lowest BCUT2D eigenvalue weighted by atomic mass is 9.84. The van der Waals surface area contributed by atoms with E-state index in [1.54, 1.807) is 18.7 Å². The molecule has 0 aliphatic carbocycles. The van der Waals surface area contributed by atoms with E-state index >= 15 is 0 Å². The highest BCUT2D eigenvalue weighted by Gasteiger charge is 2.42. The molecule has 0 amide bonds. The van der Waals surface area contributed by atoms with Crippen LogP contribution in [0.15, 0.2) is 0 Å². The van der Waals surface area contributed by atoms with Crippen molar-refractivity contribution in [1.82, 2.24) is 0 Å². The fourth-order valence-electron chi connectivity index (χ4n) is 1.10. The predicted octanol–water partition coefficient (Wildman–Crippen LogP) is 0.575. The third-order valence-corrected chi connectivity index (χ3v) is 3.49. The molecule has 11 heavy (non-hydrogen) atoms. The summed E-state index contributed by atoms with van der Waals surface area (Å²) in [5, 5.41) is 18.2. The molecule has 4 heteroatoms. The minimum absolute atomic E-state index is 0.517. The minimum Gasteiger partial charge on any atom is -0.481 e. The molecule has 0 radical (unpaired) electrons. The molecule has 2 unspecified atom stereocenters. The Hall–Kier alpha value is -0.220. The van der Waals surface area contributed by atoms with Gasteiger partial charge < -0.3 is 10.2 Å². The Morgan fingerprint density at radius 3 is 2.73 bits per heavy atom. The average Bonchev–Trinajstić information content (AvgIpc) is 1.95. The average molecular weight is 176 g/mol. The number of aliphatic hydroxyl groups is 1. The van der Waals surface area contributed by atoms with Gasteiger partial charge in [0.2, 0.25) is 0 Å². The summed E-state index contributed by atoms with van der Waals surface area (Å²) in [6.07, 6.45) is -0.0887. The maximum atomic E-state index is 10.7. The van der Waals surface area contributed by atoms with E-state index in [1.165, 1.54) is 0 Å². The molecule has 2 atom stereocenters. The highest BCUT2D eigenvalue weighted by atomic mass is 32.2. The Labute approximate surface area is 69.8 Å². The van der Waals surface area contributed by atoms with E-state index in [-0.39, 0.29) is 0 Å². The van der Waals surface area contributed by atoms with Crippen molar-refractivity contribution in [3.63, 3.8) is 0 Å². The van der Waals surface area contributed by atoms with Crippen molar-refractivity contribution >= 4 is 17.7 Å². The number of rotatable bonds is 1. The van der Waals surface area contributed by atoms with Crippen LogP contribution in [0.1, 0.15) is 13.3 Å². The van der Waals surface area contributed by atoms with Gasteiger partial charge in [0.25, 0.3) is 0 Å². The zero-order chi connectivity index (χ0) is 8.48. The second kappa shape index (κ2) is 3.03. The second-order valence-electron chi connectivity index (χ2n) is 3.08. The summed E-state index contributed by atoms with van der Waals surface area (Å²) in [6.45, 7) is 1.60. The van der Waals surface area contributed by atoms with Crippen LogP contribution in [0.5, 0.6) is 0 Å². The van der Waals surface area contributed by atoms with Crippen LogP contribution < -0.4 is 0 Å². The van der Waals surface area contributed by atoms with Crippen molar-refractivity contribution in [2.24, 2.45) is 5.41 Å². The number of hydrogen-bond donors (Lipinski definition) is 2. The van der Waals surface area contributed by atoms with Crippen LogP contribution in [0.25, 0.3) is 0 Å². The smallest absolute Gasteiger partial charge is 0.312 e. The Balaban J connectivity index is 2.72. The maximum Gasteiger partial charge on any atom is 0.312 e. The minimum atomic E-state index is -0.928. The Morgan fingerprint density at radius 2 is 2.36 bits per heavy atom. The topological polar surface area (TPSA) is 57.5 Å². The number of thioether (sulfide) groups is 1. The number of carboxylic acids is 1. The van der Waals surface area contributed by atoms with Gasteiger partial charge in [-0.05, 0) is 19.1 Å². The number of aliphatic carboxylic acids is 1. The van der Waals surface area contributed by atoms with Gasteiger partial charge in [-0.15, -0.1) is 0 Å². The first-order chi connectivity index (χ1) is 5.07. The zero-order valence-corrected chi connectivity index (χ0v) is 7.23. The van der Waals surface area contributed by atoms with Gasteiger partial charge in [0.05, 0.1) is 11.5 Å². The molecule has 1 aliphatic heterocycles. The van der Waals surface area contributed by atoms with Crippen molar-refractivity contribution in [3.8, 4) is 0 Å². The lowest BCUT2D eigenvalue weighted by Gasteiger charge is -2.33. The van der Waals surface area contributed by atoms with Crippen molar-refractivity contribution < 1.29 is 15.0 Å². The summed E-state index contributed by atoms with van der Waals surface area (Å²) in [4.78, 5) is 10.7. The quantitative estimate of drug-likeness (QED) is 0.613. The molecule has 0 aromatic heterocycles. The van der Waals surface area contributed by atoms with Gasteiger partial charge in [0.15, 0.2) is 0 Å². The molecule has 1 fully saturated rings. The van der Waals surface area contributed by atoms with Gasteiger partial charge in [-0.1, -0.05) is 0 Å². The van der Waals surface area contributed by atoms with E-state index in [2.05, 4.69) is 0 Å². The first-order valence-corrected chi connectivity index (χ1v) is 4.72. The fourth-order valence-corrected chi connectivity index (χ4v) is 2.37. The Kier molecular flexibility index (Phi) is 2.44. The maximum absolute atomic E-state index is 10.7. The molecular weight excluding hydrogens is 164 g/mol. The van der Waals surface area contributed by atoms with Crippen LogP contribution in [-0.4, -0.2) is 33.8 Å². The van der Waals surface area contributed by atoms with Crippen molar-refractivity contribution in [1.29, 1.82) is 0 Å². The van der Waals surface area contributed by atoms with E-state index in [9.17, 15) is 9.90 Å². The molecule has 1 rings (SSSR count). The molecule has 3 nitrogen and oxygen atoms in total. The molecule has 0 aromatic rings. The van der Waals surface area contributed by atoms with Crippen LogP contribution in [0, 0.1) is 5.41 Å². The number of aliphatic hydroxyl groups excluding tert-OH is 1. The van der Waals surface area contributed by atoms with E-state index < -0.39 is 17.5 Å². The highest BCUT2D eigenvalue weighted by Crippen LogP contribution is 2.34. The van der Waals surface area contributed by atoms with Crippen LogP contribution in [-0.2, 0) is 4.79 Å². The zero-order valence-electron chi connectivity index (χ0n) is 6.41. The summed E-state index contributed by atoms with van der Waals surface area (Å²) in [5.41, 5.74) is -0.928. The van der Waals surface area contributed by atoms with Gasteiger partial charge in [-0.25, -0.2) is 0 Å². The molecule has 0 saturated carbocycles. The SMILES string of the molecule is CC1(C(=O)O)CSCCC1O. The van der Waals surface area contributed by atoms with Gasteiger partial charge in [-0.3, -0.25) is 4.79 Å².